The van der Waals surface area contributed by atoms with E-state index in [4.69, 9.17) is 9.52 Å². The first-order valence-corrected chi connectivity index (χ1v) is 5.46. The van der Waals surface area contributed by atoms with E-state index < -0.39 is 17.4 Å². The summed E-state index contributed by atoms with van der Waals surface area (Å²) in [5.74, 6) is -1.12. The molecule has 0 bridgehead atoms. The van der Waals surface area contributed by atoms with Crippen LogP contribution in [-0.4, -0.2) is 39.3 Å². The number of anilines is 1. The van der Waals surface area contributed by atoms with E-state index in [0.717, 1.165) is 0 Å². The molecule has 0 radical (unpaired) electrons. The number of carboxylic acids is 1. The molecule has 0 aromatic carbocycles. The van der Waals surface area contributed by atoms with Crippen molar-refractivity contribution in [1.29, 1.82) is 0 Å². The summed E-state index contributed by atoms with van der Waals surface area (Å²) < 4.78 is 4.96. The number of rotatable bonds is 6. The molecule has 0 saturated carbocycles. The summed E-state index contributed by atoms with van der Waals surface area (Å²) in [6.45, 7) is 4.68. The standard InChI is InChI=1S/C10H16N4O4/c1-4-10(3,8(16)17)11-5-7(15)12-9-14-13-6(2)18-9/h11H,4-5H2,1-3H3,(H,16,17)(H,12,14,15). The molecule has 8 heteroatoms. The van der Waals surface area contributed by atoms with Gasteiger partial charge in [-0.2, -0.15) is 0 Å². The average molecular weight is 256 g/mol. The second-order valence-corrected chi connectivity index (χ2v) is 4.02. The molecule has 0 aliphatic rings. The summed E-state index contributed by atoms with van der Waals surface area (Å²) in [5.41, 5.74) is -1.14. The fourth-order valence-corrected chi connectivity index (χ4v) is 1.14. The van der Waals surface area contributed by atoms with Crippen LogP contribution in [0, 0.1) is 6.92 Å². The number of hydrogen-bond donors (Lipinski definition) is 3. The van der Waals surface area contributed by atoms with E-state index in [-0.39, 0.29) is 12.6 Å². The molecule has 1 amide bonds. The molecule has 0 aliphatic carbocycles. The maximum absolute atomic E-state index is 11.5. The van der Waals surface area contributed by atoms with Crippen LogP contribution in [-0.2, 0) is 9.59 Å². The van der Waals surface area contributed by atoms with Crippen LogP contribution in [0.1, 0.15) is 26.2 Å². The molecule has 1 aromatic heterocycles. The molecule has 0 saturated heterocycles. The Balaban J connectivity index is 2.48. The zero-order valence-corrected chi connectivity index (χ0v) is 10.5. The van der Waals surface area contributed by atoms with Crippen LogP contribution < -0.4 is 10.6 Å². The van der Waals surface area contributed by atoms with Crippen molar-refractivity contribution in [1.82, 2.24) is 15.5 Å². The number of aryl methyl sites for hydroxylation is 1. The van der Waals surface area contributed by atoms with Gasteiger partial charge in [0.15, 0.2) is 0 Å². The Kier molecular flexibility index (Phi) is 4.38. The molecule has 0 fully saturated rings. The third kappa shape index (κ3) is 3.52. The first-order chi connectivity index (χ1) is 8.37. The highest BCUT2D eigenvalue weighted by molar-refractivity contribution is 5.91. The number of carbonyl (C=O) groups is 2. The monoisotopic (exact) mass is 256 g/mol. The Morgan fingerprint density at radius 1 is 1.44 bits per heavy atom. The van der Waals surface area contributed by atoms with Crippen molar-refractivity contribution in [2.75, 3.05) is 11.9 Å². The molecule has 0 aliphatic heterocycles. The molecular formula is C10H16N4O4. The van der Waals surface area contributed by atoms with Crippen molar-refractivity contribution in [3.05, 3.63) is 5.89 Å². The van der Waals surface area contributed by atoms with Crippen molar-refractivity contribution in [3.8, 4) is 0 Å². The van der Waals surface area contributed by atoms with Crippen LogP contribution >= 0.6 is 0 Å². The first-order valence-electron chi connectivity index (χ1n) is 5.46. The van der Waals surface area contributed by atoms with Gasteiger partial charge in [0.25, 0.3) is 0 Å². The highest BCUT2D eigenvalue weighted by Crippen LogP contribution is 2.09. The number of aromatic nitrogens is 2. The highest BCUT2D eigenvalue weighted by Gasteiger charge is 2.30. The average Bonchev–Trinajstić information content (AvgIpc) is 2.71. The quantitative estimate of drug-likeness (QED) is 0.663. The number of nitrogens with zero attached hydrogens (tertiary/aromatic N) is 2. The number of carboxylic acid groups (broad SMARTS) is 1. The molecule has 1 heterocycles. The number of aliphatic carboxylic acids is 1. The molecule has 8 nitrogen and oxygen atoms in total. The summed E-state index contributed by atoms with van der Waals surface area (Å²) >= 11 is 0. The zero-order valence-electron chi connectivity index (χ0n) is 10.5. The summed E-state index contributed by atoms with van der Waals surface area (Å²) in [6, 6.07) is -0.00664. The summed E-state index contributed by atoms with van der Waals surface area (Å²) in [6.07, 6.45) is 0.356. The van der Waals surface area contributed by atoms with Crippen molar-refractivity contribution in [3.63, 3.8) is 0 Å². The van der Waals surface area contributed by atoms with Crippen molar-refractivity contribution in [2.24, 2.45) is 0 Å². The minimum absolute atomic E-state index is 0.00664. The lowest BCUT2D eigenvalue weighted by Gasteiger charge is -2.23. The maximum atomic E-state index is 11.5. The molecular weight excluding hydrogens is 240 g/mol. The van der Waals surface area contributed by atoms with Gasteiger partial charge in [-0.3, -0.25) is 20.2 Å². The number of nitrogens with one attached hydrogen (secondary N) is 2. The van der Waals surface area contributed by atoms with Gasteiger partial charge in [0.2, 0.25) is 11.8 Å². The largest absolute Gasteiger partial charge is 0.480 e. The van der Waals surface area contributed by atoms with Gasteiger partial charge >= 0.3 is 12.0 Å². The van der Waals surface area contributed by atoms with E-state index in [0.29, 0.717) is 12.3 Å². The fraction of sp³-hybridized carbons (Fsp3) is 0.600. The van der Waals surface area contributed by atoms with Crippen LogP contribution in [0.3, 0.4) is 0 Å². The van der Waals surface area contributed by atoms with Crippen LogP contribution in [0.25, 0.3) is 0 Å². The lowest BCUT2D eigenvalue weighted by Crippen LogP contribution is -2.51. The Bertz CT molecular complexity index is 445. The Hall–Kier alpha value is -1.96. The predicted octanol–water partition coefficient (Wildman–Crippen LogP) is 0.159. The second kappa shape index (κ2) is 5.58. The van der Waals surface area contributed by atoms with Gasteiger partial charge in [-0.1, -0.05) is 12.0 Å². The van der Waals surface area contributed by atoms with Gasteiger partial charge in [0, 0.05) is 6.92 Å². The SMILES string of the molecule is CCC(C)(NCC(=O)Nc1nnc(C)o1)C(=O)O. The number of amides is 1. The molecule has 1 rings (SSSR count). The lowest BCUT2D eigenvalue weighted by atomic mass is 9.99. The third-order valence-electron chi connectivity index (χ3n) is 2.59. The minimum atomic E-state index is -1.14. The summed E-state index contributed by atoms with van der Waals surface area (Å²) in [7, 11) is 0. The maximum Gasteiger partial charge on any atom is 0.323 e. The molecule has 18 heavy (non-hydrogen) atoms. The van der Waals surface area contributed by atoms with Gasteiger partial charge in [-0.25, -0.2) is 0 Å². The van der Waals surface area contributed by atoms with Gasteiger partial charge in [-0.15, -0.1) is 5.10 Å². The molecule has 3 N–H and O–H groups in total. The molecule has 0 spiro atoms. The van der Waals surface area contributed by atoms with E-state index >= 15 is 0 Å². The smallest absolute Gasteiger partial charge is 0.323 e. The van der Waals surface area contributed by atoms with Gasteiger partial charge in [0.05, 0.1) is 6.54 Å². The van der Waals surface area contributed by atoms with E-state index in [1.54, 1.807) is 13.8 Å². The van der Waals surface area contributed by atoms with Crippen LogP contribution in [0.4, 0.5) is 6.01 Å². The van der Waals surface area contributed by atoms with E-state index in [1.165, 1.54) is 6.92 Å². The zero-order chi connectivity index (χ0) is 13.8. The molecule has 1 aromatic rings. The van der Waals surface area contributed by atoms with E-state index in [1.807, 2.05) is 0 Å². The first kappa shape index (κ1) is 14.1. The lowest BCUT2D eigenvalue weighted by molar-refractivity contribution is -0.144. The van der Waals surface area contributed by atoms with Gasteiger partial charge in [0.1, 0.15) is 5.54 Å². The Morgan fingerprint density at radius 2 is 2.11 bits per heavy atom. The Morgan fingerprint density at radius 3 is 2.56 bits per heavy atom. The normalized spacial score (nSPS) is 13.9. The van der Waals surface area contributed by atoms with Crippen molar-refractivity contribution in [2.45, 2.75) is 32.7 Å². The van der Waals surface area contributed by atoms with E-state index in [9.17, 15) is 9.59 Å². The summed E-state index contributed by atoms with van der Waals surface area (Å²) in [5, 5.41) is 21.2. The highest BCUT2D eigenvalue weighted by atomic mass is 16.4. The third-order valence-corrected chi connectivity index (χ3v) is 2.59. The second-order valence-electron chi connectivity index (χ2n) is 4.02. The molecule has 1 atom stereocenters. The molecule has 100 valence electrons. The van der Waals surface area contributed by atoms with Gasteiger partial charge in [-0.05, 0) is 13.3 Å². The topological polar surface area (TPSA) is 117 Å². The van der Waals surface area contributed by atoms with E-state index in [2.05, 4.69) is 20.8 Å². The van der Waals surface area contributed by atoms with Crippen LogP contribution in [0.2, 0.25) is 0 Å². The predicted molar refractivity (Wildman–Crippen MR) is 62.0 cm³/mol. The number of hydrogen-bond acceptors (Lipinski definition) is 6. The fourth-order valence-electron chi connectivity index (χ4n) is 1.14. The van der Waals surface area contributed by atoms with Gasteiger partial charge < -0.3 is 9.52 Å². The summed E-state index contributed by atoms with van der Waals surface area (Å²) in [4.78, 5) is 22.5. The molecule has 1 unspecified atom stereocenters. The minimum Gasteiger partial charge on any atom is -0.480 e. The van der Waals surface area contributed by atoms with Crippen LogP contribution in [0.5, 0.6) is 0 Å². The van der Waals surface area contributed by atoms with Crippen molar-refractivity contribution < 1.29 is 19.1 Å². The Labute approximate surface area is 104 Å². The number of carbonyl (C=O) groups excluding carboxylic acids is 1. The van der Waals surface area contributed by atoms with Crippen molar-refractivity contribution >= 4 is 17.9 Å². The van der Waals surface area contributed by atoms with Crippen LogP contribution in [0.15, 0.2) is 4.42 Å².